The van der Waals surface area contributed by atoms with Crippen molar-refractivity contribution >= 4 is 22.4 Å². The number of aromatic nitrogens is 1. The molecule has 2 atom stereocenters. The average Bonchev–Trinajstić information content (AvgIpc) is 2.87. The minimum absolute atomic E-state index is 0.145. The molecule has 1 aliphatic heterocycles. The number of ether oxygens (including phenoxy) is 1. The maximum atomic E-state index is 13.3. The molecule has 0 unspecified atom stereocenters. The van der Waals surface area contributed by atoms with Gasteiger partial charge in [-0.2, -0.15) is 0 Å². The first-order valence-electron chi connectivity index (χ1n) is 7.89. The summed E-state index contributed by atoms with van der Waals surface area (Å²) in [7, 11) is 0. The Hall–Kier alpha value is -1.83. The minimum atomic E-state index is -0.380. The molecular formula is C17H20FN3O2S. The molecule has 1 saturated heterocycles. The van der Waals surface area contributed by atoms with E-state index in [1.54, 1.807) is 6.07 Å². The maximum absolute atomic E-state index is 13.3. The number of nitrogens with zero attached hydrogens (tertiary/aromatic N) is 1. The Kier molecular flexibility index (Phi) is 5.23. The molecule has 0 bridgehead atoms. The third-order valence-corrected chi connectivity index (χ3v) is 5.05. The molecule has 2 heterocycles. The lowest BCUT2D eigenvalue weighted by Crippen LogP contribution is -2.53. The minimum Gasteiger partial charge on any atom is -0.375 e. The van der Waals surface area contributed by atoms with E-state index >= 15 is 0 Å². The predicted octanol–water partition coefficient (Wildman–Crippen LogP) is 2.50. The van der Waals surface area contributed by atoms with Crippen molar-refractivity contribution in [3.63, 3.8) is 0 Å². The van der Waals surface area contributed by atoms with E-state index < -0.39 is 0 Å². The van der Waals surface area contributed by atoms with Gasteiger partial charge in [0, 0.05) is 17.8 Å². The largest absolute Gasteiger partial charge is 0.375 e. The third kappa shape index (κ3) is 3.98. The van der Waals surface area contributed by atoms with Crippen molar-refractivity contribution < 1.29 is 13.9 Å². The molecule has 2 aromatic rings. The molecule has 0 saturated carbocycles. The molecule has 0 aliphatic carbocycles. The second-order valence-electron chi connectivity index (χ2n) is 5.83. The molecule has 2 N–H and O–H groups in total. The molecule has 0 spiro atoms. The fraction of sp³-hybridized carbons (Fsp3) is 0.412. The number of benzene rings is 1. The Balaban J connectivity index is 1.68. The van der Waals surface area contributed by atoms with Crippen LogP contribution in [0.2, 0.25) is 0 Å². The van der Waals surface area contributed by atoms with Crippen LogP contribution in [0.25, 0.3) is 0 Å². The van der Waals surface area contributed by atoms with Crippen molar-refractivity contribution in [2.24, 2.45) is 0 Å². The van der Waals surface area contributed by atoms with Crippen LogP contribution in [-0.2, 0) is 16.0 Å². The Morgan fingerprint density at radius 2 is 2.38 bits per heavy atom. The molecule has 1 aromatic carbocycles. The summed E-state index contributed by atoms with van der Waals surface area (Å²) in [6.45, 7) is 5.04. The Morgan fingerprint density at radius 3 is 3.12 bits per heavy atom. The van der Waals surface area contributed by atoms with Crippen molar-refractivity contribution in [2.45, 2.75) is 32.4 Å². The van der Waals surface area contributed by atoms with Crippen LogP contribution in [0.4, 0.5) is 9.52 Å². The summed E-state index contributed by atoms with van der Waals surface area (Å²) in [5.74, 6) is -0.395. The van der Waals surface area contributed by atoms with Crippen LogP contribution in [0.1, 0.15) is 23.1 Å². The smallest absolute Gasteiger partial charge is 0.245 e. The first-order valence-corrected chi connectivity index (χ1v) is 8.71. The number of hydrogen-bond acceptors (Lipinski definition) is 5. The second kappa shape index (κ2) is 7.38. The van der Waals surface area contributed by atoms with Crippen molar-refractivity contribution in [3.05, 3.63) is 46.2 Å². The first kappa shape index (κ1) is 17.0. The van der Waals surface area contributed by atoms with Crippen LogP contribution in [0.5, 0.6) is 0 Å². The van der Waals surface area contributed by atoms with Crippen molar-refractivity contribution in [1.82, 2.24) is 10.3 Å². The zero-order valence-corrected chi connectivity index (χ0v) is 14.5. The average molecular weight is 349 g/mol. The number of halogens is 1. The maximum Gasteiger partial charge on any atom is 0.245 e. The number of carbonyl (C=O) groups excluding carboxylic acids is 1. The van der Waals surface area contributed by atoms with E-state index in [0.29, 0.717) is 24.7 Å². The number of aryl methyl sites for hydroxylation is 1. The molecule has 7 heteroatoms. The molecule has 0 radical (unpaired) electrons. The number of carbonyl (C=O) groups is 1. The third-order valence-electron chi connectivity index (χ3n) is 3.98. The van der Waals surface area contributed by atoms with Gasteiger partial charge in [-0.15, -0.1) is 11.3 Å². The second-order valence-corrected chi connectivity index (χ2v) is 6.91. The van der Waals surface area contributed by atoms with Gasteiger partial charge in [-0.05, 0) is 31.5 Å². The van der Waals surface area contributed by atoms with E-state index in [4.69, 9.17) is 4.74 Å². The molecule has 1 aromatic heterocycles. The SMILES string of the molecule is Cc1nc(NC(=O)[C@H]2NCCO[C@@H]2C)sc1Cc1cccc(F)c1. The van der Waals surface area contributed by atoms with Gasteiger partial charge in [-0.3, -0.25) is 4.79 Å². The highest BCUT2D eigenvalue weighted by atomic mass is 32.1. The van der Waals surface area contributed by atoms with Gasteiger partial charge < -0.3 is 15.4 Å². The number of amides is 1. The molecular weight excluding hydrogens is 329 g/mol. The number of nitrogens with one attached hydrogen (secondary N) is 2. The van der Waals surface area contributed by atoms with Gasteiger partial charge >= 0.3 is 0 Å². The number of morpholine rings is 1. The summed E-state index contributed by atoms with van der Waals surface area (Å²) in [4.78, 5) is 17.8. The van der Waals surface area contributed by atoms with Crippen molar-refractivity contribution in [3.8, 4) is 0 Å². The fourth-order valence-corrected chi connectivity index (χ4v) is 3.69. The van der Waals surface area contributed by atoms with E-state index in [1.165, 1.54) is 23.5 Å². The Morgan fingerprint density at radius 1 is 1.54 bits per heavy atom. The first-order chi connectivity index (χ1) is 11.5. The zero-order valence-electron chi connectivity index (χ0n) is 13.6. The van der Waals surface area contributed by atoms with Gasteiger partial charge in [0.25, 0.3) is 0 Å². The number of rotatable bonds is 4. The summed E-state index contributed by atoms with van der Waals surface area (Å²) in [6, 6.07) is 6.14. The molecule has 24 heavy (non-hydrogen) atoms. The van der Waals surface area contributed by atoms with Crippen LogP contribution in [-0.4, -0.2) is 36.2 Å². The number of hydrogen-bond donors (Lipinski definition) is 2. The lowest BCUT2D eigenvalue weighted by molar-refractivity contribution is -0.123. The monoisotopic (exact) mass is 349 g/mol. The highest BCUT2D eigenvalue weighted by Crippen LogP contribution is 2.25. The molecule has 128 valence electrons. The van der Waals surface area contributed by atoms with E-state index in [2.05, 4.69) is 15.6 Å². The number of thiazole rings is 1. The lowest BCUT2D eigenvalue weighted by atomic mass is 10.1. The van der Waals surface area contributed by atoms with Gasteiger partial charge in [0.1, 0.15) is 11.9 Å². The van der Waals surface area contributed by atoms with Crippen LogP contribution in [0.3, 0.4) is 0 Å². The van der Waals surface area contributed by atoms with Crippen LogP contribution in [0, 0.1) is 12.7 Å². The van der Waals surface area contributed by atoms with Gasteiger partial charge in [0.05, 0.1) is 18.4 Å². The standard InChI is InChI=1S/C17H20FN3O2S/c1-10-14(9-12-4-3-5-13(18)8-12)24-17(20-10)21-16(22)15-11(2)23-7-6-19-15/h3-5,8,11,15,19H,6-7,9H2,1-2H3,(H,20,21,22)/t11-,15+/m1/s1. The quantitative estimate of drug-likeness (QED) is 0.890. The summed E-state index contributed by atoms with van der Waals surface area (Å²) in [5.41, 5.74) is 1.73. The topological polar surface area (TPSA) is 63.2 Å². The van der Waals surface area contributed by atoms with Crippen molar-refractivity contribution in [2.75, 3.05) is 18.5 Å². The van der Waals surface area contributed by atoms with E-state index in [0.717, 1.165) is 16.1 Å². The zero-order chi connectivity index (χ0) is 17.1. The summed E-state index contributed by atoms with van der Waals surface area (Å²) >= 11 is 1.42. The highest BCUT2D eigenvalue weighted by Gasteiger charge is 2.29. The van der Waals surface area contributed by atoms with E-state index in [-0.39, 0.29) is 23.9 Å². The molecule has 1 amide bonds. The highest BCUT2D eigenvalue weighted by molar-refractivity contribution is 7.15. The summed E-state index contributed by atoms with van der Waals surface area (Å²) in [5, 5.41) is 6.57. The molecule has 1 aliphatic rings. The Bertz CT molecular complexity index is 734. The van der Waals surface area contributed by atoms with E-state index in [1.807, 2.05) is 19.9 Å². The van der Waals surface area contributed by atoms with Crippen molar-refractivity contribution in [1.29, 1.82) is 0 Å². The summed E-state index contributed by atoms with van der Waals surface area (Å²) < 4.78 is 18.8. The van der Waals surface area contributed by atoms with Crippen LogP contribution < -0.4 is 10.6 Å². The van der Waals surface area contributed by atoms with Crippen LogP contribution in [0.15, 0.2) is 24.3 Å². The van der Waals surface area contributed by atoms with Crippen LogP contribution >= 0.6 is 11.3 Å². The molecule has 3 rings (SSSR count). The van der Waals surface area contributed by atoms with Gasteiger partial charge in [-0.1, -0.05) is 12.1 Å². The fourth-order valence-electron chi connectivity index (χ4n) is 2.69. The molecule has 5 nitrogen and oxygen atoms in total. The number of anilines is 1. The van der Waals surface area contributed by atoms with Gasteiger partial charge in [0.2, 0.25) is 5.91 Å². The lowest BCUT2D eigenvalue weighted by Gasteiger charge is -2.28. The van der Waals surface area contributed by atoms with Gasteiger partial charge in [0.15, 0.2) is 5.13 Å². The van der Waals surface area contributed by atoms with E-state index in [9.17, 15) is 9.18 Å². The van der Waals surface area contributed by atoms with Gasteiger partial charge in [-0.25, -0.2) is 9.37 Å². The summed E-state index contributed by atoms with van der Waals surface area (Å²) in [6.07, 6.45) is 0.421. The normalized spacial score (nSPS) is 20.8. The Labute approximate surface area is 144 Å². The molecule has 1 fully saturated rings. The predicted molar refractivity (Wildman–Crippen MR) is 91.9 cm³/mol.